The summed E-state index contributed by atoms with van der Waals surface area (Å²) in [4.78, 5) is 25.0. The summed E-state index contributed by atoms with van der Waals surface area (Å²) in [7, 11) is -1.26. The summed E-state index contributed by atoms with van der Waals surface area (Å²) < 4.78 is 24.8. The van der Waals surface area contributed by atoms with Crippen molar-refractivity contribution in [3.63, 3.8) is 0 Å². The van der Waals surface area contributed by atoms with Crippen molar-refractivity contribution in [2.45, 2.75) is 40.8 Å². The fourth-order valence-electron chi connectivity index (χ4n) is 4.40. The predicted octanol–water partition coefficient (Wildman–Crippen LogP) is 4.17. The number of hydrogen-bond acceptors (Lipinski definition) is 7. The number of nitrogens with zero attached hydrogens (tertiary/aromatic N) is 5. The molecule has 9 nitrogen and oxygen atoms in total. The van der Waals surface area contributed by atoms with Gasteiger partial charge in [-0.1, -0.05) is 11.6 Å². The number of anilines is 1. The fourth-order valence-corrected chi connectivity index (χ4v) is 4.87. The zero-order chi connectivity index (χ0) is 27.6. The number of amides is 1. The summed E-state index contributed by atoms with van der Waals surface area (Å²) in [6, 6.07) is 11.4. The topological polar surface area (TPSA) is 110 Å². The molecular weight excluding hydrogens is 500 g/mol. The normalized spacial score (nSPS) is 11.6. The third kappa shape index (κ3) is 6.02. The van der Waals surface area contributed by atoms with Gasteiger partial charge >= 0.3 is 0 Å². The number of aromatic nitrogens is 4. The van der Waals surface area contributed by atoms with Crippen LogP contribution in [0.5, 0.6) is 0 Å². The maximum atomic E-state index is 13.8. The third-order valence-electron chi connectivity index (χ3n) is 6.59. The van der Waals surface area contributed by atoms with Crippen molar-refractivity contribution in [1.29, 1.82) is 0 Å². The molecule has 3 heterocycles. The number of aryl methyl sites for hydroxylation is 3. The standard InChI is InChI=1S/C28H34N6O3S/c1-7-34-20(4)21(16-30-34)17-33(5)28(35)23-15-27(32-25-9-8-18(2)14-22(23)25)26-11-10-24(19(3)31-26)29-12-13-38(6,36)37/h8-11,14-16,29H,7,12-13,17H2,1-6H3. The van der Waals surface area contributed by atoms with Gasteiger partial charge in [0.15, 0.2) is 0 Å². The first-order valence-corrected chi connectivity index (χ1v) is 14.6. The molecular formula is C28H34N6O3S. The summed E-state index contributed by atoms with van der Waals surface area (Å²) in [5.74, 6) is -0.0684. The van der Waals surface area contributed by atoms with Crippen LogP contribution in [0.25, 0.3) is 22.3 Å². The second kappa shape index (κ2) is 10.9. The van der Waals surface area contributed by atoms with Crippen molar-refractivity contribution in [2.75, 3.05) is 30.9 Å². The van der Waals surface area contributed by atoms with Gasteiger partial charge in [0.25, 0.3) is 5.91 Å². The van der Waals surface area contributed by atoms with E-state index in [1.165, 1.54) is 6.26 Å². The minimum atomic E-state index is -3.06. The average Bonchev–Trinajstić information content (AvgIpc) is 3.22. The minimum absolute atomic E-state index is 0.0393. The molecule has 1 amide bonds. The Bertz CT molecular complexity index is 1610. The Morgan fingerprint density at radius 3 is 2.47 bits per heavy atom. The largest absolute Gasteiger partial charge is 0.383 e. The van der Waals surface area contributed by atoms with Crippen LogP contribution in [0.15, 0.2) is 42.6 Å². The number of benzene rings is 1. The van der Waals surface area contributed by atoms with Gasteiger partial charge in [0, 0.05) is 49.6 Å². The van der Waals surface area contributed by atoms with Crippen LogP contribution in [0.1, 0.15) is 39.8 Å². The molecule has 0 radical (unpaired) electrons. The Morgan fingerprint density at radius 2 is 1.82 bits per heavy atom. The molecule has 200 valence electrons. The molecule has 0 aliphatic carbocycles. The summed E-state index contributed by atoms with van der Waals surface area (Å²) in [6.07, 6.45) is 3.03. The lowest BCUT2D eigenvalue weighted by molar-refractivity contribution is 0.0787. The highest BCUT2D eigenvalue weighted by atomic mass is 32.2. The second-order valence-corrected chi connectivity index (χ2v) is 12.0. The monoisotopic (exact) mass is 534 g/mol. The molecule has 0 unspecified atom stereocenters. The van der Waals surface area contributed by atoms with Gasteiger partial charge in [-0.25, -0.2) is 18.4 Å². The molecule has 3 aromatic heterocycles. The van der Waals surface area contributed by atoms with Crippen LogP contribution in [0.3, 0.4) is 0 Å². The maximum Gasteiger partial charge on any atom is 0.254 e. The van der Waals surface area contributed by atoms with E-state index in [4.69, 9.17) is 9.97 Å². The summed E-state index contributed by atoms with van der Waals surface area (Å²) in [5.41, 5.74) is 7.09. The van der Waals surface area contributed by atoms with Crippen LogP contribution >= 0.6 is 0 Å². The summed E-state index contributed by atoms with van der Waals surface area (Å²) >= 11 is 0. The van der Waals surface area contributed by atoms with E-state index in [0.29, 0.717) is 30.0 Å². The lowest BCUT2D eigenvalue weighted by atomic mass is 10.0. The van der Waals surface area contributed by atoms with Crippen LogP contribution in [0.2, 0.25) is 0 Å². The molecule has 4 rings (SSSR count). The van der Waals surface area contributed by atoms with Gasteiger partial charge < -0.3 is 10.2 Å². The molecule has 10 heteroatoms. The Balaban J connectivity index is 1.68. The molecule has 1 N–H and O–H groups in total. The molecule has 0 atom stereocenters. The van der Waals surface area contributed by atoms with Crippen molar-refractivity contribution in [3.05, 3.63) is 70.7 Å². The number of pyridine rings is 2. The van der Waals surface area contributed by atoms with Crippen LogP contribution in [-0.4, -0.2) is 64.6 Å². The zero-order valence-corrected chi connectivity index (χ0v) is 23.6. The van der Waals surface area contributed by atoms with E-state index < -0.39 is 9.84 Å². The number of carbonyl (C=O) groups is 1. The lowest BCUT2D eigenvalue weighted by Gasteiger charge is -2.19. The minimum Gasteiger partial charge on any atom is -0.383 e. The first-order valence-electron chi connectivity index (χ1n) is 12.5. The summed E-state index contributed by atoms with van der Waals surface area (Å²) in [5, 5.41) is 8.33. The number of carbonyl (C=O) groups excluding carboxylic acids is 1. The Morgan fingerprint density at radius 1 is 1.05 bits per heavy atom. The number of rotatable bonds is 9. The third-order valence-corrected chi connectivity index (χ3v) is 7.54. The quantitative estimate of drug-likeness (QED) is 0.343. The van der Waals surface area contributed by atoms with E-state index >= 15 is 0 Å². The Labute approximate surface area is 223 Å². The molecule has 1 aromatic carbocycles. The van der Waals surface area contributed by atoms with E-state index in [1.54, 1.807) is 11.9 Å². The van der Waals surface area contributed by atoms with Crippen molar-refractivity contribution in [1.82, 2.24) is 24.6 Å². The van der Waals surface area contributed by atoms with Crippen molar-refractivity contribution >= 4 is 32.3 Å². The van der Waals surface area contributed by atoms with Gasteiger partial charge in [-0.15, -0.1) is 0 Å². The highest BCUT2D eigenvalue weighted by Crippen LogP contribution is 2.27. The molecule has 0 aliphatic heterocycles. The lowest BCUT2D eigenvalue weighted by Crippen LogP contribution is -2.27. The van der Waals surface area contributed by atoms with E-state index in [1.807, 2.05) is 75.0 Å². The van der Waals surface area contributed by atoms with Crippen molar-refractivity contribution in [2.24, 2.45) is 0 Å². The number of nitrogens with one attached hydrogen (secondary N) is 1. The Hall–Kier alpha value is -3.79. The molecule has 38 heavy (non-hydrogen) atoms. The molecule has 0 aliphatic rings. The first kappa shape index (κ1) is 27.3. The number of hydrogen-bond donors (Lipinski definition) is 1. The van der Waals surface area contributed by atoms with Gasteiger partial charge in [0.2, 0.25) is 0 Å². The molecule has 0 saturated carbocycles. The van der Waals surface area contributed by atoms with Gasteiger partial charge in [-0.2, -0.15) is 5.10 Å². The predicted molar refractivity (Wildman–Crippen MR) is 151 cm³/mol. The van der Waals surface area contributed by atoms with Gasteiger partial charge in [0.05, 0.1) is 45.8 Å². The van der Waals surface area contributed by atoms with Crippen LogP contribution < -0.4 is 5.32 Å². The smallest absolute Gasteiger partial charge is 0.254 e. The molecule has 0 bridgehead atoms. The van der Waals surface area contributed by atoms with Crippen molar-refractivity contribution < 1.29 is 13.2 Å². The van der Waals surface area contributed by atoms with E-state index in [0.717, 1.165) is 45.6 Å². The number of sulfone groups is 1. The van der Waals surface area contributed by atoms with Gasteiger partial charge in [-0.05, 0) is 58.0 Å². The molecule has 0 fully saturated rings. The fraction of sp³-hybridized carbons (Fsp3) is 0.357. The SMILES string of the molecule is CCn1ncc(CN(C)C(=O)c2cc(-c3ccc(NCCS(C)(=O)=O)c(C)n3)nc3ccc(C)cc23)c1C. The molecule has 0 spiro atoms. The van der Waals surface area contributed by atoms with Crippen molar-refractivity contribution in [3.8, 4) is 11.4 Å². The summed E-state index contributed by atoms with van der Waals surface area (Å²) in [6.45, 7) is 9.43. The van der Waals surface area contributed by atoms with E-state index in [9.17, 15) is 13.2 Å². The highest BCUT2D eigenvalue weighted by Gasteiger charge is 2.20. The average molecular weight is 535 g/mol. The van der Waals surface area contributed by atoms with Crippen LogP contribution in [0.4, 0.5) is 5.69 Å². The van der Waals surface area contributed by atoms with Crippen LogP contribution in [-0.2, 0) is 22.9 Å². The molecule has 4 aromatic rings. The van der Waals surface area contributed by atoms with Gasteiger partial charge in [0.1, 0.15) is 9.84 Å². The van der Waals surface area contributed by atoms with E-state index in [-0.39, 0.29) is 11.7 Å². The van der Waals surface area contributed by atoms with Gasteiger partial charge in [-0.3, -0.25) is 9.48 Å². The highest BCUT2D eigenvalue weighted by molar-refractivity contribution is 7.90. The first-order chi connectivity index (χ1) is 18.0. The zero-order valence-electron chi connectivity index (χ0n) is 22.7. The molecule has 0 saturated heterocycles. The number of fused-ring (bicyclic) bond motifs is 1. The van der Waals surface area contributed by atoms with Crippen LogP contribution in [0, 0.1) is 20.8 Å². The Kier molecular flexibility index (Phi) is 7.82. The maximum absolute atomic E-state index is 13.8. The van der Waals surface area contributed by atoms with E-state index in [2.05, 4.69) is 10.4 Å². The second-order valence-electron chi connectivity index (χ2n) is 9.69.